The molecule has 6 heteroatoms. The van der Waals surface area contributed by atoms with Gasteiger partial charge in [0.1, 0.15) is 5.76 Å². The van der Waals surface area contributed by atoms with Crippen molar-refractivity contribution in [1.82, 2.24) is 15.4 Å². The summed E-state index contributed by atoms with van der Waals surface area (Å²) < 4.78 is 11.1. The monoisotopic (exact) mass is 337 g/mol. The van der Waals surface area contributed by atoms with E-state index in [4.69, 9.17) is 9.26 Å². The fourth-order valence-corrected chi connectivity index (χ4v) is 3.40. The molecule has 2 amide bonds. The summed E-state index contributed by atoms with van der Waals surface area (Å²) in [5.74, 6) is 1.12. The molecule has 0 saturated carbocycles. The van der Waals surface area contributed by atoms with E-state index in [1.54, 1.807) is 11.9 Å². The summed E-state index contributed by atoms with van der Waals surface area (Å²) in [5.41, 5.74) is 1.89. The number of aryl methyl sites for hydroxylation is 2. The van der Waals surface area contributed by atoms with E-state index in [2.05, 4.69) is 31.2 Å². The number of amides is 2. The number of nitrogens with zero attached hydrogens (tertiary/aromatic N) is 2. The molecule has 1 saturated heterocycles. The molecule has 1 aliphatic rings. The van der Waals surface area contributed by atoms with Crippen LogP contribution in [0.15, 0.2) is 4.52 Å². The van der Waals surface area contributed by atoms with Crippen molar-refractivity contribution in [3.8, 4) is 0 Å². The first-order chi connectivity index (χ1) is 11.2. The summed E-state index contributed by atoms with van der Waals surface area (Å²) in [6.07, 6.45) is 2.33. The summed E-state index contributed by atoms with van der Waals surface area (Å²) in [6.45, 7) is 12.3. The first kappa shape index (κ1) is 18.8. The van der Waals surface area contributed by atoms with Gasteiger partial charge in [0.25, 0.3) is 0 Å². The molecule has 1 aliphatic heterocycles. The lowest BCUT2D eigenvalue weighted by atomic mass is 9.78. The Morgan fingerprint density at radius 2 is 2.08 bits per heavy atom. The number of hydrogen-bond acceptors (Lipinski definition) is 4. The van der Waals surface area contributed by atoms with Crippen LogP contribution in [0.3, 0.4) is 0 Å². The van der Waals surface area contributed by atoms with Crippen molar-refractivity contribution >= 4 is 6.03 Å². The van der Waals surface area contributed by atoms with Crippen molar-refractivity contribution in [2.75, 3.05) is 20.2 Å². The number of aromatic nitrogens is 1. The van der Waals surface area contributed by atoms with Gasteiger partial charge in [0.15, 0.2) is 0 Å². The van der Waals surface area contributed by atoms with E-state index >= 15 is 0 Å². The Labute approximate surface area is 144 Å². The third-order valence-electron chi connectivity index (χ3n) is 4.74. The molecule has 1 aromatic heterocycles. The number of hydrogen-bond donors (Lipinski definition) is 1. The predicted molar refractivity (Wildman–Crippen MR) is 92.8 cm³/mol. The lowest BCUT2D eigenvalue weighted by molar-refractivity contribution is -0.0839. The Hall–Kier alpha value is -1.56. The van der Waals surface area contributed by atoms with Crippen molar-refractivity contribution in [3.63, 3.8) is 0 Å². The number of rotatable bonds is 4. The van der Waals surface area contributed by atoms with Crippen LogP contribution in [0.5, 0.6) is 0 Å². The zero-order valence-corrected chi connectivity index (χ0v) is 15.8. The van der Waals surface area contributed by atoms with Crippen LogP contribution < -0.4 is 5.32 Å². The molecule has 1 fully saturated rings. The molecule has 1 aromatic rings. The van der Waals surface area contributed by atoms with Crippen molar-refractivity contribution in [2.24, 2.45) is 11.3 Å². The van der Waals surface area contributed by atoms with E-state index in [9.17, 15) is 4.79 Å². The minimum absolute atomic E-state index is 0.0757. The van der Waals surface area contributed by atoms with Gasteiger partial charge in [-0.15, -0.1) is 0 Å². The van der Waals surface area contributed by atoms with Crippen LogP contribution in [-0.2, 0) is 11.3 Å². The highest BCUT2D eigenvalue weighted by Gasteiger charge is 2.35. The molecule has 2 atom stereocenters. The molecule has 2 heterocycles. The van der Waals surface area contributed by atoms with Crippen molar-refractivity contribution < 1.29 is 14.1 Å². The van der Waals surface area contributed by atoms with Gasteiger partial charge in [0.05, 0.1) is 18.3 Å². The molecule has 6 nitrogen and oxygen atoms in total. The standard InChI is InChI=1S/C18H31N3O3/c1-12-15(13(2)24-20-12)11-21(6)17(22)19-10-14-8-7-9-23-16(14)18(3,4)5/h14,16H,7-11H2,1-6H3,(H,19,22)/t14-,16-/m1/s1. The molecule has 24 heavy (non-hydrogen) atoms. The predicted octanol–water partition coefficient (Wildman–Crippen LogP) is 3.27. The molecule has 0 bridgehead atoms. The average molecular weight is 337 g/mol. The van der Waals surface area contributed by atoms with Gasteiger partial charge < -0.3 is 19.5 Å². The summed E-state index contributed by atoms with van der Waals surface area (Å²) in [4.78, 5) is 14.1. The quantitative estimate of drug-likeness (QED) is 0.915. The van der Waals surface area contributed by atoms with Gasteiger partial charge in [0, 0.05) is 31.7 Å². The van der Waals surface area contributed by atoms with Crippen LogP contribution in [0, 0.1) is 25.2 Å². The SMILES string of the molecule is Cc1noc(C)c1CN(C)C(=O)NC[C@H]1CCCO[C@H]1C(C)(C)C. The van der Waals surface area contributed by atoms with Crippen LogP contribution >= 0.6 is 0 Å². The van der Waals surface area contributed by atoms with E-state index in [1.807, 2.05) is 13.8 Å². The Kier molecular flexibility index (Phi) is 5.91. The second kappa shape index (κ2) is 7.55. The Morgan fingerprint density at radius 1 is 1.38 bits per heavy atom. The van der Waals surface area contributed by atoms with Gasteiger partial charge >= 0.3 is 6.03 Å². The highest BCUT2D eigenvalue weighted by molar-refractivity contribution is 5.73. The minimum Gasteiger partial charge on any atom is -0.377 e. The second-order valence-corrected chi connectivity index (χ2v) is 7.90. The van der Waals surface area contributed by atoms with Crippen molar-refractivity contribution in [3.05, 3.63) is 17.0 Å². The van der Waals surface area contributed by atoms with Crippen LogP contribution in [-0.4, -0.2) is 42.4 Å². The normalized spacial score (nSPS) is 21.6. The average Bonchev–Trinajstić information content (AvgIpc) is 2.83. The molecule has 0 unspecified atom stereocenters. The maximum atomic E-state index is 12.4. The number of carbonyl (C=O) groups excluding carboxylic acids is 1. The third-order valence-corrected chi connectivity index (χ3v) is 4.74. The first-order valence-corrected chi connectivity index (χ1v) is 8.72. The van der Waals surface area contributed by atoms with Gasteiger partial charge in [-0.1, -0.05) is 25.9 Å². The van der Waals surface area contributed by atoms with Gasteiger partial charge in [-0.25, -0.2) is 4.79 Å². The summed E-state index contributed by atoms with van der Waals surface area (Å²) in [5, 5.41) is 7.00. The summed E-state index contributed by atoms with van der Waals surface area (Å²) >= 11 is 0. The van der Waals surface area contributed by atoms with Crippen molar-refractivity contribution in [2.45, 2.75) is 60.1 Å². The van der Waals surface area contributed by atoms with E-state index in [0.717, 1.165) is 36.5 Å². The number of carbonyl (C=O) groups is 1. The van der Waals surface area contributed by atoms with E-state index in [1.165, 1.54) is 0 Å². The molecule has 0 aromatic carbocycles. The van der Waals surface area contributed by atoms with Gasteiger partial charge in [-0.2, -0.15) is 0 Å². The fourth-order valence-electron chi connectivity index (χ4n) is 3.40. The lowest BCUT2D eigenvalue weighted by Gasteiger charge is -2.40. The molecule has 136 valence electrons. The Bertz CT molecular complexity index is 543. The highest BCUT2D eigenvalue weighted by atomic mass is 16.5. The molecule has 1 N–H and O–H groups in total. The van der Waals surface area contributed by atoms with Gasteiger partial charge in [-0.3, -0.25) is 0 Å². The third kappa shape index (κ3) is 4.50. The zero-order chi connectivity index (χ0) is 17.9. The number of ether oxygens (including phenoxy) is 1. The zero-order valence-electron chi connectivity index (χ0n) is 15.8. The van der Waals surface area contributed by atoms with Crippen LogP contribution in [0.2, 0.25) is 0 Å². The maximum Gasteiger partial charge on any atom is 0.317 e. The molecular formula is C18H31N3O3. The first-order valence-electron chi connectivity index (χ1n) is 8.72. The van der Waals surface area contributed by atoms with E-state index in [-0.39, 0.29) is 17.6 Å². The van der Waals surface area contributed by atoms with E-state index in [0.29, 0.717) is 19.0 Å². The highest BCUT2D eigenvalue weighted by Crippen LogP contribution is 2.33. The van der Waals surface area contributed by atoms with Crippen LogP contribution in [0.4, 0.5) is 4.79 Å². The Morgan fingerprint density at radius 3 is 2.67 bits per heavy atom. The van der Waals surface area contributed by atoms with Gasteiger partial charge in [-0.05, 0) is 32.1 Å². The molecule has 0 spiro atoms. The summed E-state index contributed by atoms with van der Waals surface area (Å²) in [7, 11) is 1.79. The topological polar surface area (TPSA) is 67.6 Å². The van der Waals surface area contributed by atoms with Crippen LogP contribution in [0.25, 0.3) is 0 Å². The smallest absolute Gasteiger partial charge is 0.317 e. The Balaban J connectivity index is 1.89. The largest absolute Gasteiger partial charge is 0.377 e. The summed E-state index contributed by atoms with van der Waals surface area (Å²) in [6, 6.07) is -0.0757. The molecular weight excluding hydrogens is 306 g/mol. The maximum absolute atomic E-state index is 12.4. The molecule has 0 aliphatic carbocycles. The van der Waals surface area contributed by atoms with Gasteiger partial charge in [0.2, 0.25) is 0 Å². The molecule has 0 radical (unpaired) electrons. The minimum atomic E-state index is -0.0757. The number of nitrogens with one attached hydrogen (secondary N) is 1. The van der Waals surface area contributed by atoms with Crippen molar-refractivity contribution in [1.29, 1.82) is 0 Å². The lowest BCUT2D eigenvalue weighted by Crippen LogP contribution is -2.47. The van der Waals surface area contributed by atoms with Crippen LogP contribution in [0.1, 0.15) is 50.6 Å². The van der Waals surface area contributed by atoms with E-state index < -0.39 is 0 Å². The fraction of sp³-hybridized carbons (Fsp3) is 0.778. The molecule has 2 rings (SSSR count). The number of urea groups is 1. The second-order valence-electron chi connectivity index (χ2n) is 7.90.